The Bertz CT molecular complexity index is 507. The summed E-state index contributed by atoms with van der Waals surface area (Å²) in [6, 6.07) is 1.66. The largest absolute Gasteiger partial charge is 0.363 e. The normalized spacial score (nSPS) is 12.8. The zero-order chi connectivity index (χ0) is 15.3. The minimum Gasteiger partial charge on any atom is -0.363 e. The van der Waals surface area contributed by atoms with E-state index >= 15 is 0 Å². The van der Waals surface area contributed by atoms with Gasteiger partial charge in [0.1, 0.15) is 0 Å². The van der Waals surface area contributed by atoms with Gasteiger partial charge in [0.2, 0.25) is 10.0 Å². The molecular formula is C14H25ClN2O2S. The smallest absolute Gasteiger partial charge is 0.244 e. The third kappa shape index (κ3) is 3.99. The van der Waals surface area contributed by atoms with Crippen molar-refractivity contribution >= 4 is 21.6 Å². The summed E-state index contributed by atoms with van der Waals surface area (Å²) >= 11 is 5.73. The number of hydrogen-bond donors (Lipinski definition) is 1. The molecule has 6 heteroatoms. The van der Waals surface area contributed by atoms with E-state index < -0.39 is 10.0 Å². The van der Waals surface area contributed by atoms with Gasteiger partial charge in [-0.3, -0.25) is 0 Å². The van der Waals surface area contributed by atoms with Crippen molar-refractivity contribution in [1.29, 1.82) is 0 Å². The van der Waals surface area contributed by atoms with Crippen LogP contribution in [-0.4, -0.2) is 30.3 Å². The molecule has 0 atom stereocenters. The van der Waals surface area contributed by atoms with E-state index in [1.807, 2.05) is 27.7 Å². The number of rotatable bonds is 8. The average Bonchev–Trinajstić information content (AvgIpc) is 2.88. The van der Waals surface area contributed by atoms with E-state index in [4.69, 9.17) is 11.6 Å². The highest BCUT2D eigenvalue weighted by Gasteiger charge is 2.30. The van der Waals surface area contributed by atoms with Crippen LogP contribution in [0.1, 0.15) is 46.2 Å². The maximum Gasteiger partial charge on any atom is 0.244 e. The first kappa shape index (κ1) is 17.5. The second kappa shape index (κ2) is 7.48. The highest BCUT2D eigenvalue weighted by molar-refractivity contribution is 7.89. The van der Waals surface area contributed by atoms with Crippen molar-refractivity contribution in [3.05, 3.63) is 18.0 Å². The van der Waals surface area contributed by atoms with Gasteiger partial charge in [0.15, 0.2) is 0 Å². The minimum absolute atomic E-state index is 0.0387. The molecule has 0 fully saturated rings. The highest BCUT2D eigenvalue weighted by atomic mass is 35.5. The number of alkyl halides is 1. The van der Waals surface area contributed by atoms with Gasteiger partial charge in [-0.25, -0.2) is 8.42 Å². The molecule has 0 saturated heterocycles. The average molecular weight is 321 g/mol. The quantitative estimate of drug-likeness (QED) is 0.744. The minimum atomic E-state index is -3.47. The van der Waals surface area contributed by atoms with Crippen LogP contribution < -0.4 is 0 Å². The number of nitrogens with zero attached hydrogens (tertiary/aromatic N) is 1. The molecule has 4 nitrogen and oxygen atoms in total. The summed E-state index contributed by atoms with van der Waals surface area (Å²) in [7, 11) is -3.47. The van der Waals surface area contributed by atoms with Gasteiger partial charge >= 0.3 is 0 Å². The molecule has 116 valence electrons. The summed E-state index contributed by atoms with van der Waals surface area (Å²) in [5.41, 5.74) is 0.722. The van der Waals surface area contributed by atoms with Crippen LogP contribution in [0.3, 0.4) is 0 Å². The number of aromatic amines is 1. The maximum atomic E-state index is 12.8. The molecule has 0 amide bonds. The Balaban J connectivity index is 3.15. The molecule has 0 aliphatic carbocycles. The van der Waals surface area contributed by atoms with E-state index in [1.54, 1.807) is 10.4 Å². The summed E-state index contributed by atoms with van der Waals surface area (Å²) < 4.78 is 27.3. The third-order valence-corrected chi connectivity index (χ3v) is 5.55. The van der Waals surface area contributed by atoms with Crippen molar-refractivity contribution in [2.75, 3.05) is 6.54 Å². The van der Waals surface area contributed by atoms with Gasteiger partial charge < -0.3 is 4.98 Å². The van der Waals surface area contributed by atoms with Crippen molar-refractivity contribution in [2.45, 2.75) is 57.4 Å². The molecule has 1 heterocycles. The molecule has 0 unspecified atom stereocenters. The fourth-order valence-corrected chi connectivity index (χ4v) is 4.39. The lowest BCUT2D eigenvalue weighted by Gasteiger charge is -2.30. The lowest BCUT2D eigenvalue weighted by Crippen LogP contribution is -2.41. The molecule has 0 saturated carbocycles. The summed E-state index contributed by atoms with van der Waals surface area (Å²) in [5.74, 6) is 0.571. The molecule has 1 aromatic heterocycles. The molecule has 0 aromatic carbocycles. The van der Waals surface area contributed by atoms with Crippen molar-refractivity contribution < 1.29 is 8.42 Å². The summed E-state index contributed by atoms with van der Waals surface area (Å²) in [6.07, 6.45) is 3.16. The van der Waals surface area contributed by atoms with Gasteiger partial charge in [0.05, 0.1) is 10.8 Å². The Morgan fingerprint density at radius 2 is 1.90 bits per heavy atom. The number of hydrogen-bond acceptors (Lipinski definition) is 2. The van der Waals surface area contributed by atoms with Crippen LogP contribution in [0.5, 0.6) is 0 Å². The van der Waals surface area contributed by atoms with Crippen LogP contribution >= 0.6 is 11.6 Å². The van der Waals surface area contributed by atoms with Crippen LogP contribution in [0, 0.1) is 5.92 Å². The second-order valence-electron chi connectivity index (χ2n) is 5.43. The van der Waals surface area contributed by atoms with E-state index in [2.05, 4.69) is 4.98 Å². The van der Waals surface area contributed by atoms with E-state index in [1.165, 1.54) is 6.20 Å². The van der Waals surface area contributed by atoms with Crippen molar-refractivity contribution in [2.24, 2.45) is 5.92 Å². The SMILES string of the molecule is CCC(CC)N(CC(C)C)S(=O)(=O)c1c[nH]c(CCl)c1. The van der Waals surface area contributed by atoms with Gasteiger partial charge in [-0.05, 0) is 24.8 Å². The second-order valence-corrected chi connectivity index (χ2v) is 7.59. The fourth-order valence-electron chi connectivity index (χ4n) is 2.28. The van der Waals surface area contributed by atoms with Crippen LogP contribution in [0.15, 0.2) is 17.2 Å². The van der Waals surface area contributed by atoms with Crippen LogP contribution in [0.2, 0.25) is 0 Å². The van der Waals surface area contributed by atoms with E-state index in [0.717, 1.165) is 18.5 Å². The zero-order valence-electron chi connectivity index (χ0n) is 12.7. The van der Waals surface area contributed by atoms with E-state index in [9.17, 15) is 8.42 Å². The van der Waals surface area contributed by atoms with Gasteiger partial charge in [-0.2, -0.15) is 4.31 Å². The summed E-state index contributed by atoms with van der Waals surface area (Å²) in [5, 5.41) is 0. The lowest BCUT2D eigenvalue weighted by molar-refractivity contribution is 0.277. The maximum absolute atomic E-state index is 12.8. The van der Waals surface area contributed by atoms with E-state index in [-0.39, 0.29) is 17.8 Å². The molecule has 1 aromatic rings. The van der Waals surface area contributed by atoms with Gasteiger partial charge in [-0.1, -0.05) is 27.7 Å². The van der Waals surface area contributed by atoms with Crippen molar-refractivity contribution in [1.82, 2.24) is 9.29 Å². The number of nitrogens with one attached hydrogen (secondary N) is 1. The molecule has 1 N–H and O–H groups in total. The Morgan fingerprint density at radius 1 is 1.30 bits per heavy atom. The lowest BCUT2D eigenvalue weighted by atomic mass is 10.1. The summed E-state index contributed by atoms with van der Waals surface area (Å²) in [6.45, 7) is 8.66. The Morgan fingerprint density at radius 3 is 2.30 bits per heavy atom. The standard InChI is InChI=1S/C14H25ClN2O2S/c1-5-13(6-2)17(10-11(3)4)20(18,19)14-7-12(8-15)16-9-14/h7,9,11,13,16H,5-6,8,10H2,1-4H3. The number of sulfonamides is 1. The molecule has 20 heavy (non-hydrogen) atoms. The Labute approximate surface area is 127 Å². The summed E-state index contributed by atoms with van der Waals surface area (Å²) in [4.78, 5) is 3.21. The number of halogens is 1. The van der Waals surface area contributed by atoms with Crippen molar-refractivity contribution in [3.8, 4) is 0 Å². The predicted octanol–water partition coefficient (Wildman–Crippen LogP) is 3.59. The van der Waals surface area contributed by atoms with Crippen LogP contribution in [0.25, 0.3) is 0 Å². The molecule has 0 bridgehead atoms. The molecular weight excluding hydrogens is 296 g/mol. The topological polar surface area (TPSA) is 53.2 Å². The molecule has 0 aliphatic heterocycles. The fraction of sp³-hybridized carbons (Fsp3) is 0.714. The molecule has 1 rings (SSSR count). The Kier molecular flexibility index (Phi) is 6.55. The van der Waals surface area contributed by atoms with Gasteiger partial charge in [0.25, 0.3) is 0 Å². The first-order valence-corrected chi connectivity index (χ1v) is 9.09. The van der Waals surface area contributed by atoms with Gasteiger partial charge in [0, 0.05) is 24.5 Å². The zero-order valence-corrected chi connectivity index (χ0v) is 14.3. The number of aromatic nitrogens is 1. The molecule has 0 aliphatic rings. The monoisotopic (exact) mass is 320 g/mol. The predicted molar refractivity (Wildman–Crippen MR) is 83.4 cm³/mol. The first-order chi connectivity index (χ1) is 9.36. The third-order valence-electron chi connectivity index (χ3n) is 3.36. The molecule has 0 radical (unpaired) electrons. The van der Waals surface area contributed by atoms with Crippen LogP contribution in [0.4, 0.5) is 0 Å². The van der Waals surface area contributed by atoms with Gasteiger partial charge in [-0.15, -0.1) is 11.6 Å². The highest BCUT2D eigenvalue weighted by Crippen LogP contribution is 2.23. The first-order valence-electron chi connectivity index (χ1n) is 7.11. The van der Waals surface area contributed by atoms with E-state index in [0.29, 0.717) is 11.4 Å². The van der Waals surface area contributed by atoms with Crippen molar-refractivity contribution in [3.63, 3.8) is 0 Å². The molecule has 0 spiro atoms. The number of H-pyrrole nitrogens is 1. The van der Waals surface area contributed by atoms with Crippen LogP contribution in [-0.2, 0) is 15.9 Å². The Hall–Kier alpha value is -0.520.